The molecule has 1 saturated heterocycles. The van der Waals surface area contributed by atoms with Crippen molar-refractivity contribution in [2.45, 2.75) is 43.8 Å². The zero-order chi connectivity index (χ0) is 22.4. The van der Waals surface area contributed by atoms with Gasteiger partial charge in [0, 0.05) is 18.5 Å². The van der Waals surface area contributed by atoms with Gasteiger partial charge in [0.1, 0.15) is 6.10 Å². The van der Waals surface area contributed by atoms with Crippen LogP contribution in [0.25, 0.3) is 0 Å². The Balaban J connectivity index is 1.59. The molecule has 2 aromatic rings. The van der Waals surface area contributed by atoms with Gasteiger partial charge in [-0.2, -0.15) is 8.78 Å². The molecule has 0 spiro atoms. The average molecular weight is 429 g/mol. The molecule has 1 amide bonds. The number of aliphatic hydroxyl groups is 1. The van der Waals surface area contributed by atoms with E-state index in [9.17, 15) is 23.5 Å². The van der Waals surface area contributed by atoms with Crippen molar-refractivity contribution >= 4 is 11.9 Å². The Bertz CT molecular complexity index is 946. The van der Waals surface area contributed by atoms with Crippen molar-refractivity contribution in [3.05, 3.63) is 83.4 Å². The van der Waals surface area contributed by atoms with E-state index in [4.69, 9.17) is 5.11 Å². The van der Waals surface area contributed by atoms with Gasteiger partial charge in [0.2, 0.25) is 5.91 Å². The van der Waals surface area contributed by atoms with Crippen LogP contribution in [0.3, 0.4) is 0 Å². The standard InChI is InChI=1S/C24H25F2NO4/c25-24(26,19-9-2-1-3-10-19)21(28)13-11-20-12-14-22(29)27(20)15-5-7-17-6-4-8-18(16-17)23(30)31/h1-4,6,8-11,13,16,20-21,28H,5,7,12,14-15H2,(H,30,31). The number of halogens is 2. The molecule has 2 N–H and O–H groups in total. The number of aryl methyl sites for hydroxylation is 1. The Morgan fingerprint density at radius 1 is 1.19 bits per heavy atom. The van der Waals surface area contributed by atoms with Crippen LogP contribution < -0.4 is 0 Å². The highest BCUT2D eigenvalue weighted by atomic mass is 19.3. The van der Waals surface area contributed by atoms with Gasteiger partial charge in [-0.3, -0.25) is 4.79 Å². The molecule has 1 heterocycles. The molecule has 3 rings (SSSR count). The van der Waals surface area contributed by atoms with E-state index in [-0.39, 0.29) is 23.1 Å². The number of carboxylic acids is 1. The van der Waals surface area contributed by atoms with Crippen LogP contribution in [0.5, 0.6) is 0 Å². The minimum Gasteiger partial charge on any atom is -0.478 e. The summed E-state index contributed by atoms with van der Waals surface area (Å²) in [5.41, 5.74) is 0.801. The molecule has 164 valence electrons. The number of amides is 1. The maximum absolute atomic E-state index is 14.5. The highest BCUT2D eigenvalue weighted by Crippen LogP contribution is 2.32. The third kappa shape index (κ3) is 5.55. The van der Waals surface area contributed by atoms with Crippen molar-refractivity contribution in [2.75, 3.05) is 6.54 Å². The Labute approximate surface area is 179 Å². The molecule has 5 nitrogen and oxygen atoms in total. The fourth-order valence-corrected chi connectivity index (χ4v) is 3.75. The smallest absolute Gasteiger partial charge is 0.335 e. The van der Waals surface area contributed by atoms with E-state index in [1.54, 1.807) is 23.1 Å². The van der Waals surface area contributed by atoms with Gasteiger partial charge in [-0.25, -0.2) is 4.79 Å². The van der Waals surface area contributed by atoms with Crippen LogP contribution in [0.2, 0.25) is 0 Å². The van der Waals surface area contributed by atoms with E-state index in [2.05, 4.69) is 0 Å². The van der Waals surface area contributed by atoms with Crippen LogP contribution in [0.15, 0.2) is 66.7 Å². The number of carboxylic acid groups (broad SMARTS) is 1. The molecule has 7 heteroatoms. The predicted octanol–water partition coefficient (Wildman–Crippen LogP) is 4.02. The van der Waals surface area contributed by atoms with Crippen molar-refractivity contribution in [1.82, 2.24) is 4.90 Å². The SMILES string of the molecule is O=C(O)c1cccc(CCCN2C(=O)CCC2C=CC(O)C(F)(F)c2ccccc2)c1. The monoisotopic (exact) mass is 429 g/mol. The summed E-state index contributed by atoms with van der Waals surface area (Å²) < 4.78 is 28.9. The molecule has 0 saturated carbocycles. The maximum Gasteiger partial charge on any atom is 0.335 e. The van der Waals surface area contributed by atoms with Crippen LogP contribution in [-0.2, 0) is 17.1 Å². The van der Waals surface area contributed by atoms with Gasteiger partial charge in [-0.15, -0.1) is 0 Å². The molecule has 1 aliphatic rings. The summed E-state index contributed by atoms with van der Waals surface area (Å²) in [6.07, 6.45) is 2.60. The molecule has 1 aliphatic heterocycles. The first-order valence-electron chi connectivity index (χ1n) is 10.2. The van der Waals surface area contributed by atoms with Crippen LogP contribution in [0.1, 0.15) is 40.7 Å². The number of alkyl halides is 2. The number of rotatable bonds is 9. The average Bonchev–Trinajstić information content (AvgIpc) is 3.12. The van der Waals surface area contributed by atoms with Crippen molar-refractivity contribution in [3.63, 3.8) is 0 Å². The Morgan fingerprint density at radius 3 is 2.65 bits per heavy atom. The van der Waals surface area contributed by atoms with E-state index in [1.165, 1.54) is 36.4 Å². The van der Waals surface area contributed by atoms with Gasteiger partial charge in [0.15, 0.2) is 0 Å². The number of likely N-dealkylation sites (tertiary alicyclic amines) is 1. The zero-order valence-electron chi connectivity index (χ0n) is 17.0. The number of aromatic carboxylic acids is 1. The topological polar surface area (TPSA) is 77.8 Å². The molecule has 31 heavy (non-hydrogen) atoms. The zero-order valence-corrected chi connectivity index (χ0v) is 17.0. The van der Waals surface area contributed by atoms with Gasteiger partial charge in [0.05, 0.1) is 11.6 Å². The van der Waals surface area contributed by atoms with E-state index in [0.29, 0.717) is 32.2 Å². The van der Waals surface area contributed by atoms with Gasteiger partial charge < -0.3 is 15.1 Å². The van der Waals surface area contributed by atoms with Crippen molar-refractivity contribution in [3.8, 4) is 0 Å². The predicted molar refractivity (Wildman–Crippen MR) is 112 cm³/mol. The summed E-state index contributed by atoms with van der Waals surface area (Å²) in [5, 5.41) is 19.1. The Morgan fingerprint density at radius 2 is 1.94 bits per heavy atom. The first-order valence-corrected chi connectivity index (χ1v) is 10.2. The van der Waals surface area contributed by atoms with Crippen LogP contribution in [-0.4, -0.2) is 45.7 Å². The quantitative estimate of drug-likeness (QED) is 0.591. The molecule has 0 bridgehead atoms. The summed E-state index contributed by atoms with van der Waals surface area (Å²) in [6.45, 7) is 0.427. The van der Waals surface area contributed by atoms with Crippen molar-refractivity contribution in [2.24, 2.45) is 0 Å². The van der Waals surface area contributed by atoms with Crippen molar-refractivity contribution in [1.29, 1.82) is 0 Å². The highest BCUT2D eigenvalue weighted by Gasteiger charge is 2.39. The summed E-state index contributed by atoms with van der Waals surface area (Å²) >= 11 is 0. The third-order valence-electron chi connectivity index (χ3n) is 5.46. The number of carbonyl (C=O) groups excluding carboxylic acids is 1. The lowest BCUT2D eigenvalue weighted by Gasteiger charge is -2.24. The number of benzene rings is 2. The maximum atomic E-state index is 14.5. The molecule has 2 aromatic carbocycles. The van der Waals surface area contributed by atoms with E-state index < -0.39 is 18.0 Å². The number of hydrogen-bond donors (Lipinski definition) is 2. The van der Waals surface area contributed by atoms with Crippen molar-refractivity contribution < 1.29 is 28.6 Å². The summed E-state index contributed by atoms with van der Waals surface area (Å²) in [6, 6.07) is 13.4. The molecule has 0 aromatic heterocycles. The normalized spacial score (nSPS) is 18.0. The van der Waals surface area contributed by atoms with E-state index >= 15 is 0 Å². The molecule has 1 fully saturated rings. The van der Waals surface area contributed by atoms with Crippen LogP contribution in [0, 0.1) is 0 Å². The van der Waals surface area contributed by atoms with Crippen LogP contribution in [0.4, 0.5) is 8.78 Å². The lowest BCUT2D eigenvalue weighted by atomic mass is 10.0. The number of hydrogen-bond acceptors (Lipinski definition) is 3. The lowest BCUT2D eigenvalue weighted by molar-refractivity contribution is -0.128. The van der Waals surface area contributed by atoms with Gasteiger partial charge in [0.25, 0.3) is 0 Å². The molecular formula is C24H25F2NO4. The first-order chi connectivity index (χ1) is 14.8. The van der Waals surface area contributed by atoms with Crippen LogP contribution >= 0.6 is 0 Å². The van der Waals surface area contributed by atoms with Gasteiger partial charge in [-0.1, -0.05) is 54.6 Å². The fourth-order valence-electron chi connectivity index (χ4n) is 3.75. The highest BCUT2D eigenvalue weighted by molar-refractivity contribution is 5.87. The van der Waals surface area contributed by atoms with Gasteiger partial charge in [-0.05, 0) is 37.0 Å². The Kier molecular flexibility index (Phi) is 7.17. The minimum atomic E-state index is -3.43. The van der Waals surface area contributed by atoms with Gasteiger partial charge >= 0.3 is 11.9 Å². The summed E-state index contributed by atoms with van der Waals surface area (Å²) in [7, 11) is 0. The second-order valence-corrected chi connectivity index (χ2v) is 7.62. The Hall–Kier alpha value is -3.06. The van der Waals surface area contributed by atoms with E-state index in [1.807, 2.05) is 6.07 Å². The lowest BCUT2D eigenvalue weighted by Crippen LogP contribution is -2.34. The molecule has 2 unspecified atom stereocenters. The second kappa shape index (κ2) is 9.83. The molecule has 0 aliphatic carbocycles. The summed E-state index contributed by atoms with van der Waals surface area (Å²) in [4.78, 5) is 24.9. The second-order valence-electron chi connectivity index (χ2n) is 7.62. The minimum absolute atomic E-state index is 0.0572. The number of nitrogens with zero attached hydrogens (tertiary/aromatic N) is 1. The molecular weight excluding hydrogens is 404 g/mol. The fraction of sp³-hybridized carbons (Fsp3) is 0.333. The molecule has 2 atom stereocenters. The number of aliphatic hydroxyl groups excluding tert-OH is 1. The summed E-state index contributed by atoms with van der Waals surface area (Å²) in [5.74, 6) is -4.48. The first kappa shape index (κ1) is 22.6. The van der Waals surface area contributed by atoms with E-state index in [0.717, 1.165) is 11.6 Å². The largest absolute Gasteiger partial charge is 0.478 e. The molecule has 0 radical (unpaired) electrons. The third-order valence-corrected chi connectivity index (χ3v) is 5.46. The number of carbonyl (C=O) groups is 2.